The van der Waals surface area contributed by atoms with E-state index in [-0.39, 0.29) is 18.0 Å². The van der Waals surface area contributed by atoms with E-state index < -0.39 is 0 Å². The minimum atomic E-state index is -0.0380. The predicted molar refractivity (Wildman–Crippen MR) is 86.3 cm³/mol. The third-order valence-corrected chi connectivity index (χ3v) is 4.57. The number of nitrogens with zero attached hydrogens (tertiary/aromatic N) is 7. The van der Waals surface area contributed by atoms with E-state index in [0.29, 0.717) is 29.7 Å². The molecule has 0 unspecified atom stereocenters. The van der Waals surface area contributed by atoms with Crippen molar-refractivity contribution in [1.82, 2.24) is 40.2 Å². The number of fused-ring (bicyclic) bond motifs is 1. The van der Waals surface area contributed by atoms with E-state index in [4.69, 9.17) is 0 Å². The molecule has 0 radical (unpaired) electrons. The molecular weight excluding hydrogens is 308 g/mol. The van der Waals surface area contributed by atoms with Gasteiger partial charge in [-0.3, -0.25) is 4.79 Å². The third-order valence-electron chi connectivity index (χ3n) is 4.57. The predicted octanol–water partition coefficient (Wildman–Crippen LogP) is 0.177. The molecule has 2 aromatic heterocycles. The smallest absolute Gasteiger partial charge is 0.256 e. The summed E-state index contributed by atoms with van der Waals surface area (Å²) in [7, 11) is 4.03. The summed E-state index contributed by atoms with van der Waals surface area (Å²) >= 11 is 0. The Bertz CT molecular complexity index is 855. The zero-order valence-electron chi connectivity index (χ0n) is 13.5. The van der Waals surface area contributed by atoms with Crippen LogP contribution in [-0.2, 0) is 0 Å². The lowest BCUT2D eigenvalue weighted by Crippen LogP contribution is -2.37. The molecule has 0 saturated carbocycles. The molecule has 124 valence electrons. The van der Waals surface area contributed by atoms with Crippen LogP contribution in [0.3, 0.4) is 0 Å². The topological polar surface area (TPSA) is 95.8 Å². The van der Waals surface area contributed by atoms with E-state index in [1.165, 1.54) is 0 Å². The van der Waals surface area contributed by atoms with Gasteiger partial charge in [0.1, 0.15) is 11.0 Å². The van der Waals surface area contributed by atoms with Gasteiger partial charge in [-0.2, -0.15) is 15.4 Å². The first-order valence-electron chi connectivity index (χ1n) is 7.76. The Hall–Kier alpha value is -2.81. The van der Waals surface area contributed by atoms with Gasteiger partial charge < -0.3 is 9.80 Å². The zero-order chi connectivity index (χ0) is 16.7. The van der Waals surface area contributed by atoms with Crippen LogP contribution in [0.15, 0.2) is 30.6 Å². The number of aromatic nitrogens is 6. The molecule has 9 nitrogen and oxygen atoms in total. The van der Waals surface area contributed by atoms with E-state index in [9.17, 15) is 4.79 Å². The van der Waals surface area contributed by atoms with Crippen LogP contribution in [-0.4, -0.2) is 79.3 Å². The second-order valence-corrected chi connectivity index (χ2v) is 6.19. The summed E-state index contributed by atoms with van der Waals surface area (Å²) in [6.07, 6.45) is 3.50. The molecule has 1 fully saturated rings. The molecule has 1 saturated heterocycles. The van der Waals surface area contributed by atoms with Crippen molar-refractivity contribution in [3.8, 4) is 0 Å². The number of rotatable bonds is 3. The number of aromatic amines is 1. The van der Waals surface area contributed by atoms with Crippen LogP contribution in [0, 0.1) is 0 Å². The van der Waals surface area contributed by atoms with Crippen LogP contribution in [0.2, 0.25) is 0 Å². The number of benzene rings is 1. The Morgan fingerprint density at radius 1 is 1.29 bits per heavy atom. The van der Waals surface area contributed by atoms with Gasteiger partial charge in [-0.1, -0.05) is 11.3 Å². The normalized spacial score (nSPS) is 21.0. The molecule has 3 heterocycles. The van der Waals surface area contributed by atoms with Crippen LogP contribution in [0.25, 0.3) is 11.0 Å². The largest absolute Gasteiger partial charge is 0.335 e. The highest BCUT2D eigenvalue weighted by Gasteiger charge is 2.38. The van der Waals surface area contributed by atoms with Gasteiger partial charge in [0.15, 0.2) is 0 Å². The molecule has 3 aromatic rings. The molecule has 2 atom stereocenters. The van der Waals surface area contributed by atoms with Crippen molar-refractivity contribution in [3.05, 3.63) is 36.2 Å². The lowest BCUT2D eigenvalue weighted by Gasteiger charge is -2.24. The number of para-hydroxylation sites is 1. The highest BCUT2D eigenvalue weighted by molar-refractivity contribution is 6.04. The van der Waals surface area contributed by atoms with Gasteiger partial charge in [0.25, 0.3) is 5.91 Å². The summed E-state index contributed by atoms with van der Waals surface area (Å²) in [5.74, 6) is -0.0380. The standard InChI is InChI=1S/C15H18N8O/c1-21(2)12-8-22(9-13(12)23-7-6-16-20-23)15(24)10-4-3-5-11-14(10)18-19-17-11/h3-7,12-13H,8-9H2,1-2H3,(H,17,18,19)/t12-,13+/m1/s1. The first-order chi connectivity index (χ1) is 11.6. The second kappa shape index (κ2) is 5.68. The first-order valence-corrected chi connectivity index (χ1v) is 7.76. The van der Waals surface area contributed by atoms with Crippen LogP contribution in [0.4, 0.5) is 0 Å². The highest BCUT2D eigenvalue weighted by atomic mass is 16.2. The fourth-order valence-electron chi connectivity index (χ4n) is 3.31. The van der Waals surface area contributed by atoms with Gasteiger partial charge >= 0.3 is 0 Å². The van der Waals surface area contributed by atoms with E-state index >= 15 is 0 Å². The number of hydrogen-bond acceptors (Lipinski definition) is 6. The molecular formula is C15H18N8O. The van der Waals surface area contributed by atoms with Crippen molar-refractivity contribution in [1.29, 1.82) is 0 Å². The van der Waals surface area contributed by atoms with Crippen molar-refractivity contribution in [2.75, 3.05) is 27.2 Å². The van der Waals surface area contributed by atoms with Crippen molar-refractivity contribution in [3.63, 3.8) is 0 Å². The maximum absolute atomic E-state index is 13.0. The van der Waals surface area contributed by atoms with E-state index in [1.54, 1.807) is 12.3 Å². The fraction of sp³-hybridized carbons (Fsp3) is 0.400. The van der Waals surface area contributed by atoms with Crippen LogP contribution < -0.4 is 0 Å². The molecule has 9 heteroatoms. The summed E-state index contributed by atoms with van der Waals surface area (Å²) < 4.78 is 1.83. The number of likely N-dealkylation sites (tertiary alicyclic amines) is 1. The lowest BCUT2D eigenvalue weighted by molar-refractivity contribution is 0.0782. The van der Waals surface area contributed by atoms with Crippen LogP contribution in [0.1, 0.15) is 16.4 Å². The Morgan fingerprint density at radius 3 is 2.92 bits per heavy atom. The average Bonchev–Trinajstić information content (AvgIpc) is 3.31. The van der Waals surface area contributed by atoms with E-state index in [2.05, 4.69) is 30.6 Å². The summed E-state index contributed by atoms with van der Waals surface area (Å²) in [5, 5.41) is 18.7. The zero-order valence-corrected chi connectivity index (χ0v) is 13.5. The summed E-state index contributed by atoms with van der Waals surface area (Å²) in [6.45, 7) is 1.21. The van der Waals surface area contributed by atoms with Gasteiger partial charge in [0.2, 0.25) is 0 Å². The number of H-pyrrole nitrogens is 1. The SMILES string of the molecule is CN(C)[C@@H]1CN(C(=O)c2cccc3n[nH]nc23)C[C@@H]1n1ccnn1. The van der Waals surface area contributed by atoms with E-state index in [0.717, 1.165) is 0 Å². The highest BCUT2D eigenvalue weighted by Crippen LogP contribution is 2.27. The first kappa shape index (κ1) is 14.8. The summed E-state index contributed by atoms with van der Waals surface area (Å²) in [5.41, 5.74) is 1.86. The number of carbonyl (C=O) groups excluding carboxylic acids is 1. The van der Waals surface area contributed by atoms with Crippen molar-refractivity contribution in [2.24, 2.45) is 0 Å². The Labute approximate surface area is 138 Å². The number of nitrogens with one attached hydrogen (secondary N) is 1. The van der Waals surface area contributed by atoms with Crippen molar-refractivity contribution < 1.29 is 4.79 Å². The average molecular weight is 326 g/mol. The number of hydrogen-bond donors (Lipinski definition) is 1. The lowest BCUT2D eigenvalue weighted by atomic mass is 10.1. The minimum absolute atomic E-state index is 0.0380. The molecule has 1 aromatic carbocycles. The Kier molecular flexibility index (Phi) is 3.49. The monoisotopic (exact) mass is 326 g/mol. The van der Waals surface area contributed by atoms with Gasteiger partial charge in [-0.25, -0.2) is 4.68 Å². The maximum atomic E-state index is 13.0. The Balaban J connectivity index is 1.65. The third kappa shape index (κ3) is 2.33. The number of carbonyl (C=O) groups is 1. The molecule has 0 spiro atoms. The maximum Gasteiger partial charge on any atom is 0.256 e. The van der Waals surface area contributed by atoms with Crippen LogP contribution >= 0.6 is 0 Å². The van der Waals surface area contributed by atoms with Gasteiger partial charge in [0, 0.05) is 19.3 Å². The van der Waals surface area contributed by atoms with Crippen molar-refractivity contribution >= 4 is 16.9 Å². The second-order valence-electron chi connectivity index (χ2n) is 6.19. The van der Waals surface area contributed by atoms with Gasteiger partial charge in [-0.05, 0) is 26.2 Å². The van der Waals surface area contributed by atoms with Gasteiger partial charge in [0.05, 0.1) is 23.8 Å². The summed E-state index contributed by atoms with van der Waals surface area (Å²) in [6, 6.07) is 5.70. The molecule has 24 heavy (non-hydrogen) atoms. The molecule has 4 rings (SSSR count). The molecule has 1 N–H and O–H groups in total. The van der Waals surface area contributed by atoms with Crippen LogP contribution in [0.5, 0.6) is 0 Å². The number of likely N-dealkylation sites (N-methyl/N-ethyl adjacent to an activating group) is 1. The summed E-state index contributed by atoms with van der Waals surface area (Å²) in [4.78, 5) is 17.0. The molecule has 0 bridgehead atoms. The van der Waals surface area contributed by atoms with Gasteiger partial charge in [-0.15, -0.1) is 5.10 Å². The Morgan fingerprint density at radius 2 is 2.17 bits per heavy atom. The van der Waals surface area contributed by atoms with E-state index in [1.807, 2.05) is 42.0 Å². The molecule has 1 amide bonds. The quantitative estimate of drug-likeness (QED) is 0.737. The molecule has 0 aliphatic carbocycles. The minimum Gasteiger partial charge on any atom is -0.335 e. The van der Waals surface area contributed by atoms with Crippen molar-refractivity contribution in [2.45, 2.75) is 12.1 Å². The fourth-order valence-corrected chi connectivity index (χ4v) is 3.31. The molecule has 1 aliphatic rings. The number of amides is 1. The molecule has 1 aliphatic heterocycles.